The lowest BCUT2D eigenvalue weighted by Crippen LogP contribution is -2.06. The summed E-state index contributed by atoms with van der Waals surface area (Å²) in [6, 6.07) is 17.0. The molecule has 38 heavy (non-hydrogen) atoms. The van der Waals surface area contributed by atoms with Crippen molar-refractivity contribution in [2.24, 2.45) is 0 Å². The first-order chi connectivity index (χ1) is 18.4. The number of phenolic OH excluding ortho intramolecular Hbond substituents is 1. The van der Waals surface area contributed by atoms with Gasteiger partial charge in [0.1, 0.15) is 11.5 Å². The summed E-state index contributed by atoms with van der Waals surface area (Å²) in [7, 11) is 2.86. The van der Waals surface area contributed by atoms with Gasteiger partial charge in [0.15, 0.2) is 11.6 Å². The van der Waals surface area contributed by atoms with Gasteiger partial charge < -0.3 is 25.2 Å². The Morgan fingerprint density at radius 2 is 1.87 bits per heavy atom. The van der Waals surface area contributed by atoms with E-state index < -0.39 is 11.8 Å². The number of rotatable bonds is 8. The van der Waals surface area contributed by atoms with E-state index in [2.05, 4.69) is 25.7 Å². The van der Waals surface area contributed by atoms with Crippen molar-refractivity contribution < 1.29 is 23.8 Å². The molecule has 0 spiro atoms. The quantitative estimate of drug-likeness (QED) is 0.245. The van der Waals surface area contributed by atoms with Gasteiger partial charge in [-0.15, -0.1) is 0 Å². The van der Waals surface area contributed by atoms with Crippen LogP contribution in [0.1, 0.15) is 15.9 Å². The highest BCUT2D eigenvalue weighted by atomic mass is 19.1. The molecule has 11 heteroatoms. The number of halogens is 1. The average Bonchev–Trinajstić information content (AvgIpc) is 3.32. The van der Waals surface area contributed by atoms with E-state index in [0.29, 0.717) is 29.2 Å². The SMILES string of the molecule is COC(=O)c1ccc(Cn2ncc3ccc(Nc4ncc(F)c(Nc5cccc(O)c5)n4)cc32)c(OC)c1. The predicted molar refractivity (Wildman–Crippen MR) is 140 cm³/mol. The molecule has 0 bridgehead atoms. The predicted octanol–water partition coefficient (Wildman–Crippen LogP) is 5.00. The largest absolute Gasteiger partial charge is 0.508 e. The Hall–Kier alpha value is -5.19. The molecule has 0 atom stereocenters. The van der Waals surface area contributed by atoms with Crippen LogP contribution in [-0.2, 0) is 11.3 Å². The lowest BCUT2D eigenvalue weighted by Gasteiger charge is -2.12. The minimum absolute atomic E-state index is 0.0401. The number of esters is 1. The molecule has 5 aromatic rings. The molecule has 0 aliphatic carbocycles. The number of nitrogens with zero attached hydrogens (tertiary/aromatic N) is 4. The second-order valence-electron chi connectivity index (χ2n) is 8.28. The molecule has 0 saturated heterocycles. The molecule has 3 aromatic carbocycles. The van der Waals surface area contributed by atoms with Crippen LogP contribution in [0.5, 0.6) is 11.5 Å². The van der Waals surface area contributed by atoms with Crippen molar-refractivity contribution in [3.05, 3.63) is 90.0 Å². The van der Waals surface area contributed by atoms with Crippen molar-refractivity contribution >= 4 is 40.0 Å². The maximum Gasteiger partial charge on any atom is 0.337 e. The third-order valence-electron chi connectivity index (χ3n) is 5.78. The minimum Gasteiger partial charge on any atom is -0.508 e. The van der Waals surface area contributed by atoms with Crippen LogP contribution >= 0.6 is 0 Å². The van der Waals surface area contributed by atoms with Crippen LogP contribution in [0.3, 0.4) is 0 Å². The summed E-state index contributed by atoms with van der Waals surface area (Å²) in [6.07, 6.45) is 2.81. The number of methoxy groups -OCH3 is 2. The van der Waals surface area contributed by atoms with E-state index in [9.17, 15) is 14.3 Å². The van der Waals surface area contributed by atoms with Crippen molar-refractivity contribution in [1.29, 1.82) is 0 Å². The summed E-state index contributed by atoms with van der Waals surface area (Å²) < 4.78 is 26.4. The number of nitrogens with one attached hydrogen (secondary N) is 2. The summed E-state index contributed by atoms with van der Waals surface area (Å²) >= 11 is 0. The zero-order valence-electron chi connectivity index (χ0n) is 20.5. The summed E-state index contributed by atoms with van der Waals surface area (Å²) in [5, 5.41) is 21.0. The average molecular weight is 515 g/mol. The smallest absolute Gasteiger partial charge is 0.337 e. The Morgan fingerprint density at radius 3 is 2.66 bits per heavy atom. The lowest BCUT2D eigenvalue weighted by molar-refractivity contribution is 0.0600. The maximum absolute atomic E-state index is 14.3. The maximum atomic E-state index is 14.3. The Labute approximate surface area is 216 Å². The number of benzene rings is 3. The molecule has 0 fully saturated rings. The van der Waals surface area contributed by atoms with Gasteiger partial charge in [-0.2, -0.15) is 10.1 Å². The first-order valence-electron chi connectivity index (χ1n) is 11.5. The molecule has 0 amide bonds. The molecule has 0 aliphatic rings. The first-order valence-corrected chi connectivity index (χ1v) is 11.5. The number of phenols is 1. The van der Waals surface area contributed by atoms with Gasteiger partial charge >= 0.3 is 5.97 Å². The number of ether oxygens (including phenoxy) is 2. The summed E-state index contributed by atoms with van der Waals surface area (Å²) in [5.74, 6) is -0.360. The van der Waals surface area contributed by atoms with Gasteiger partial charge in [-0.25, -0.2) is 14.2 Å². The van der Waals surface area contributed by atoms with E-state index in [1.165, 1.54) is 26.4 Å². The number of hydrogen-bond acceptors (Lipinski definition) is 9. The molecule has 0 unspecified atom stereocenters. The highest BCUT2D eigenvalue weighted by molar-refractivity contribution is 5.90. The highest BCUT2D eigenvalue weighted by Crippen LogP contribution is 2.27. The topological polar surface area (TPSA) is 123 Å². The molecular formula is C27H23FN6O4. The number of hydrogen-bond donors (Lipinski definition) is 3. The Kier molecular flexibility index (Phi) is 6.72. The molecule has 10 nitrogen and oxygen atoms in total. The third kappa shape index (κ3) is 5.16. The number of aromatic nitrogens is 4. The number of aromatic hydroxyl groups is 1. The lowest BCUT2D eigenvalue weighted by atomic mass is 10.1. The Balaban J connectivity index is 1.39. The molecule has 2 aromatic heterocycles. The molecule has 0 radical (unpaired) electrons. The van der Waals surface area contributed by atoms with E-state index in [1.54, 1.807) is 41.2 Å². The fourth-order valence-corrected chi connectivity index (χ4v) is 3.92. The van der Waals surface area contributed by atoms with E-state index in [1.807, 2.05) is 18.2 Å². The summed E-state index contributed by atoms with van der Waals surface area (Å²) in [5.41, 5.74) is 3.19. The molecule has 192 valence electrons. The van der Waals surface area contributed by atoms with Crippen molar-refractivity contribution in [2.75, 3.05) is 24.9 Å². The summed E-state index contributed by atoms with van der Waals surface area (Å²) in [4.78, 5) is 20.1. The molecular weight excluding hydrogens is 491 g/mol. The first kappa shape index (κ1) is 24.5. The minimum atomic E-state index is -0.639. The molecule has 0 saturated carbocycles. The third-order valence-corrected chi connectivity index (χ3v) is 5.78. The highest BCUT2D eigenvalue weighted by Gasteiger charge is 2.14. The van der Waals surface area contributed by atoms with Gasteiger partial charge in [0, 0.05) is 28.4 Å². The standard InChI is InChI=1S/C27H23FN6O4/c1-37-24-10-16(26(36)38-2)6-7-18(24)15-34-23-12-20(9-8-17(23)13-30-34)32-27-29-14-22(28)25(33-27)31-19-4-3-5-21(35)11-19/h3-14,35H,15H2,1-2H3,(H2,29,31,32,33). The second kappa shape index (κ2) is 10.4. The Bertz CT molecular complexity index is 1640. The van der Waals surface area contributed by atoms with Gasteiger partial charge in [0.2, 0.25) is 5.95 Å². The van der Waals surface area contributed by atoms with E-state index in [0.717, 1.165) is 22.7 Å². The van der Waals surface area contributed by atoms with Crippen LogP contribution in [0.15, 0.2) is 73.1 Å². The van der Waals surface area contributed by atoms with E-state index in [4.69, 9.17) is 9.47 Å². The van der Waals surface area contributed by atoms with Crippen LogP contribution in [0.25, 0.3) is 10.9 Å². The number of anilines is 4. The fraction of sp³-hybridized carbons (Fsp3) is 0.111. The molecule has 3 N–H and O–H groups in total. The van der Waals surface area contributed by atoms with Crippen molar-refractivity contribution in [3.63, 3.8) is 0 Å². The van der Waals surface area contributed by atoms with Crippen LogP contribution in [0.4, 0.5) is 27.5 Å². The van der Waals surface area contributed by atoms with Crippen molar-refractivity contribution in [1.82, 2.24) is 19.7 Å². The van der Waals surface area contributed by atoms with Crippen molar-refractivity contribution in [2.45, 2.75) is 6.54 Å². The Morgan fingerprint density at radius 1 is 1.03 bits per heavy atom. The second-order valence-corrected chi connectivity index (χ2v) is 8.28. The van der Waals surface area contributed by atoms with Crippen LogP contribution in [0, 0.1) is 5.82 Å². The van der Waals surface area contributed by atoms with Gasteiger partial charge in [-0.1, -0.05) is 12.1 Å². The number of carbonyl (C=O) groups is 1. The van der Waals surface area contributed by atoms with Crippen LogP contribution in [-0.4, -0.2) is 45.0 Å². The van der Waals surface area contributed by atoms with E-state index >= 15 is 0 Å². The van der Waals surface area contributed by atoms with Gasteiger partial charge in [-0.05, 0) is 42.5 Å². The zero-order chi connectivity index (χ0) is 26.6. The van der Waals surface area contributed by atoms with Crippen LogP contribution < -0.4 is 15.4 Å². The van der Waals surface area contributed by atoms with Gasteiger partial charge in [-0.3, -0.25) is 4.68 Å². The van der Waals surface area contributed by atoms with Gasteiger partial charge in [0.05, 0.1) is 44.2 Å². The zero-order valence-corrected chi connectivity index (χ0v) is 20.5. The monoisotopic (exact) mass is 514 g/mol. The molecule has 5 rings (SSSR count). The number of carbonyl (C=O) groups excluding carboxylic acids is 1. The fourth-order valence-electron chi connectivity index (χ4n) is 3.92. The van der Waals surface area contributed by atoms with E-state index in [-0.39, 0.29) is 17.5 Å². The van der Waals surface area contributed by atoms with Crippen molar-refractivity contribution in [3.8, 4) is 11.5 Å². The molecule has 2 heterocycles. The molecule has 0 aliphatic heterocycles. The summed E-state index contributed by atoms with van der Waals surface area (Å²) in [6.45, 7) is 0.391. The number of fused-ring (bicyclic) bond motifs is 1. The van der Waals surface area contributed by atoms with Crippen LogP contribution in [0.2, 0.25) is 0 Å². The van der Waals surface area contributed by atoms with Gasteiger partial charge in [0.25, 0.3) is 0 Å². The normalized spacial score (nSPS) is 10.8.